The molecule has 0 saturated heterocycles. The van der Waals surface area contributed by atoms with Crippen LogP contribution in [-0.4, -0.2) is 16.3 Å². The normalized spacial score (nSPS) is 27.1. The van der Waals surface area contributed by atoms with Crippen molar-refractivity contribution in [2.75, 3.05) is 6.54 Å². The summed E-state index contributed by atoms with van der Waals surface area (Å²) in [6, 6.07) is 0. The summed E-state index contributed by atoms with van der Waals surface area (Å²) in [4.78, 5) is 0. The number of aryl methyl sites for hydroxylation is 2. The van der Waals surface area contributed by atoms with E-state index in [9.17, 15) is 0 Å². The van der Waals surface area contributed by atoms with E-state index in [1.54, 1.807) is 0 Å². The largest absolute Gasteiger partial charge is 0.330 e. The Kier molecular flexibility index (Phi) is 4.72. The summed E-state index contributed by atoms with van der Waals surface area (Å²) in [5.74, 6) is 0.811. The molecule has 4 heteroatoms. The molecule has 19 heavy (non-hydrogen) atoms. The zero-order chi connectivity index (χ0) is 14.0. The Hall–Kier alpha value is -0.350. The molecular formula is C15H26BrN3. The van der Waals surface area contributed by atoms with E-state index in [2.05, 4.69) is 41.4 Å². The van der Waals surface area contributed by atoms with Crippen molar-refractivity contribution in [1.29, 1.82) is 0 Å². The van der Waals surface area contributed by atoms with Crippen LogP contribution in [0.1, 0.15) is 51.4 Å². The topological polar surface area (TPSA) is 43.8 Å². The molecule has 1 aromatic heterocycles. The van der Waals surface area contributed by atoms with Crippen LogP contribution >= 0.6 is 15.9 Å². The van der Waals surface area contributed by atoms with Gasteiger partial charge in [0.2, 0.25) is 0 Å². The highest BCUT2D eigenvalue weighted by molar-refractivity contribution is 9.10. The molecule has 0 spiro atoms. The molecule has 108 valence electrons. The third-order valence-electron chi connectivity index (χ3n) is 4.62. The molecule has 3 nitrogen and oxygen atoms in total. The SMILES string of the molecule is CCc1nn(CC)c(CC2(CN)CCC(C)C2)c1Br. The van der Waals surface area contributed by atoms with Crippen molar-refractivity contribution in [2.24, 2.45) is 17.1 Å². The Labute approximate surface area is 125 Å². The molecular weight excluding hydrogens is 302 g/mol. The van der Waals surface area contributed by atoms with Crippen molar-refractivity contribution in [1.82, 2.24) is 9.78 Å². The van der Waals surface area contributed by atoms with Crippen LogP contribution in [-0.2, 0) is 19.4 Å². The van der Waals surface area contributed by atoms with Crippen LogP contribution in [0.3, 0.4) is 0 Å². The number of nitrogens with zero attached hydrogens (tertiary/aromatic N) is 2. The van der Waals surface area contributed by atoms with Gasteiger partial charge in [-0.1, -0.05) is 20.3 Å². The van der Waals surface area contributed by atoms with E-state index < -0.39 is 0 Å². The van der Waals surface area contributed by atoms with E-state index >= 15 is 0 Å². The van der Waals surface area contributed by atoms with Gasteiger partial charge < -0.3 is 5.73 Å². The number of rotatable bonds is 5. The minimum atomic E-state index is 0.292. The van der Waals surface area contributed by atoms with E-state index in [4.69, 9.17) is 10.8 Å². The van der Waals surface area contributed by atoms with Crippen LogP contribution in [0.15, 0.2) is 4.47 Å². The third-order valence-corrected chi connectivity index (χ3v) is 5.53. The molecule has 0 radical (unpaired) electrons. The zero-order valence-electron chi connectivity index (χ0n) is 12.4. The van der Waals surface area contributed by atoms with Crippen molar-refractivity contribution in [3.05, 3.63) is 15.9 Å². The Morgan fingerprint density at radius 1 is 1.47 bits per heavy atom. The highest BCUT2D eigenvalue weighted by atomic mass is 79.9. The van der Waals surface area contributed by atoms with Gasteiger partial charge in [0, 0.05) is 6.54 Å². The Morgan fingerprint density at radius 2 is 2.21 bits per heavy atom. The first-order valence-corrected chi connectivity index (χ1v) is 8.28. The minimum Gasteiger partial charge on any atom is -0.330 e. The molecule has 2 N–H and O–H groups in total. The zero-order valence-corrected chi connectivity index (χ0v) is 14.0. The van der Waals surface area contributed by atoms with Gasteiger partial charge in [-0.15, -0.1) is 0 Å². The van der Waals surface area contributed by atoms with Crippen molar-refractivity contribution in [3.8, 4) is 0 Å². The van der Waals surface area contributed by atoms with Crippen molar-refractivity contribution in [3.63, 3.8) is 0 Å². The molecule has 0 aromatic carbocycles. The summed E-state index contributed by atoms with van der Waals surface area (Å²) < 4.78 is 3.37. The van der Waals surface area contributed by atoms with E-state index in [0.717, 1.165) is 31.8 Å². The molecule has 1 heterocycles. The maximum atomic E-state index is 6.11. The smallest absolute Gasteiger partial charge is 0.0766 e. The molecule has 1 aliphatic rings. The molecule has 0 aliphatic heterocycles. The Balaban J connectivity index is 2.29. The first-order valence-electron chi connectivity index (χ1n) is 7.49. The van der Waals surface area contributed by atoms with Gasteiger partial charge >= 0.3 is 0 Å². The van der Waals surface area contributed by atoms with Crippen LogP contribution < -0.4 is 5.73 Å². The quantitative estimate of drug-likeness (QED) is 0.898. The fourth-order valence-electron chi connectivity index (χ4n) is 3.46. The second-order valence-electron chi connectivity index (χ2n) is 6.11. The summed E-state index contributed by atoms with van der Waals surface area (Å²) in [5, 5.41) is 4.70. The molecule has 1 aromatic rings. The van der Waals surface area contributed by atoms with Gasteiger partial charge in [0.05, 0.1) is 15.9 Å². The lowest BCUT2D eigenvalue weighted by Crippen LogP contribution is -2.31. The molecule has 2 rings (SSSR count). The monoisotopic (exact) mass is 327 g/mol. The van der Waals surface area contributed by atoms with E-state index in [0.29, 0.717) is 5.41 Å². The van der Waals surface area contributed by atoms with E-state index in [-0.39, 0.29) is 0 Å². The highest BCUT2D eigenvalue weighted by Gasteiger charge is 2.37. The van der Waals surface area contributed by atoms with E-state index in [1.165, 1.54) is 35.1 Å². The van der Waals surface area contributed by atoms with Gasteiger partial charge in [-0.2, -0.15) is 5.10 Å². The highest BCUT2D eigenvalue weighted by Crippen LogP contribution is 2.44. The summed E-state index contributed by atoms with van der Waals surface area (Å²) in [6.45, 7) is 8.40. The molecule has 1 fully saturated rings. The Bertz CT molecular complexity index is 441. The van der Waals surface area contributed by atoms with Crippen molar-refractivity contribution < 1.29 is 0 Å². The maximum Gasteiger partial charge on any atom is 0.0766 e. The van der Waals surface area contributed by atoms with Crippen LogP contribution in [0, 0.1) is 11.3 Å². The molecule has 2 atom stereocenters. The predicted octanol–water partition coefficient (Wildman–Crippen LogP) is 3.54. The van der Waals surface area contributed by atoms with Crippen LogP contribution in [0.5, 0.6) is 0 Å². The second kappa shape index (κ2) is 5.96. The first-order chi connectivity index (χ1) is 9.05. The fraction of sp³-hybridized carbons (Fsp3) is 0.800. The third kappa shape index (κ3) is 2.89. The first kappa shape index (κ1) is 15.0. The summed E-state index contributed by atoms with van der Waals surface area (Å²) in [7, 11) is 0. The average Bonchev–Trinajstić information content (AvgIpc) is 2.93. The van der Waals surface area contributed by atoms with Gasteiger partial charge in [0.15, 0.2) is 0 Å². The number of halogens is 1. The van der Waals surface area contributed by atoms with Gasteiger partial charge in [0.25, 0.3) is 0 Å². The van der Waals surface area contributed by atoms with Gasteiger partial charge in [-0.25, -0.2) is 0 Å². The number of aromatic nitrogens is 2. The second-order valence-corrected chi connectivity index (χ2v) is 6.90. The van der Waals surface area contributed by atoms with E-state index in [1.807, 2.05) is 0 Å². The fourth-order valence-corrected chi connectivity index (χ4v) is 4.16. The molecule has 2 unspecified atom stereocenters. The molecule has 1 aliphatic carbocycles. The van der Waals surface area contributed by atoms with Gasteiger partial charge in [-0.05, 0) is 66.4 Å². The van der Waals surface area contributed by atoms with Crippen LogP contribution in [0.2, 0.25) is 0 Å². The summed E-state index contributed by atoms with van der Waals surface area (Å²) in [6.07, 6.45) is 5.87. The Morgan fingerprint density at radius 3 is 2.68 bits per heavy atom. The lowest BCUT2D eigenvalue weighted by molar-refractivity contribution is 0.287. The van der Waals surface area contributed by atoms with Crippen LogP contribution in [0.4, 0.5) is 0 Å². The maximum absolute atomic E-state index is 6.11. The molecule has 0 amide bonds. The summed E-state index contributed by atoms with van der Waals surface area (Å²) >= 11 is 3.75. The minimum absolute atomic E-state index is 0.292. The number of hydrogen-bond acceptors (Lipinski definition) is 2. The molecule has 1 saturated carbocycles. The lowest BCUT2D eigenvalue weighted by Gasteiger charge is -2.28. The molecule has 0 bridgehead atoms. The van der Waals surface area contributed by atoms with Crippen molar-refractivity contribution in [2.45, 2.75) is 59.4 Å². The summed E-state index contributed by atoms with van der Waals surface area (Å²) in [5.41, 5.74) is 8.93. The standard InChI is InChI=1S/C15H26BrN3/c1-4-12-14(16)13(19(5-2)18-12)9-15(10-17)7-6-11(3)8-15/h11H,4-10,17H2,1-3H3. The average molecular weight is 328 g/mol. The number of hydrogen-bond donors (Lipinski definition) is 1. The number of nitrogens with two attached hydrogens (primary N) is 1. The van der Waals surface area contributed by atoms with Gasteiger partial charge in [-0.3, -0.25) is 4.68 Å². The van der Waals surface area contributed by atoms with Gasteiger partial charge in [0.1, 0.15) is 0 Å². The van der Waals surface area contributed by atoms with Crippen molar-refractivity contribution >= 4 is 15.9 Å². The van der Waals surface area contributed by atoms with Crippen LogP contribution in [0.25, 0.3) is 0 Å². The lowest BCUT2D eigenvalue weighted by atomic mass is 9.81. The predicted molar refractivity (Wildman–Crippen MR) is 83.2 cm³/mol.